The summed E-state index contributed by atoms with van der Waals surface area (Å²) in [5, 5.41) is 5.26. The largest absolute Gasteiger partial charge is 0.450 e. The Labute approximate surface area is 115 Å². The number of nitrogens with zero attached hydrogens (tertiary/aromatic N) is 1. The summed E-state index contributed by atoms with van der Waals surface area (Å²) in [6.07, 6.45) is 4.05. The Balaban J connectivity index is 1.93. The number of carbonyl (C=O) groups excluding carboxylic acids is 2. The van der Waals surface area contributed by atoms with Crippen LogP contribution < -0.4 is 5.32 Å². The molecule has 2 rings (SSSR count). The van der Waals surface area contributed by atoms with E-state index in [-0.39, 0.29) is 11.5 Å². The minimum atomic E-state index is -0.590. The summed E-state index contributed by atoms with van der Waals surface area (Å²) in [6.45, 7) is 4.17. The van der Waals surface area contributed by atoms with E-state index < -0.39 is 12.1 Å². The number of thiazole rings is 1. The topological polar surface area (TPSA) is 68.3 Å². The monoisotopic (exact) mass is 280 g/mol. The van der Waals surface area contributed by atoms with Crippen molar-refractivity contribution in [2.45, 2.75) is 31.8 Å². The lowest BCUT2D eigenvalue weighted by Crippen LogP contribution is -2.30. The summed E-state index contributed by atoms with van der Waals surface area (Å²) in [6, 6.07) is 0. The molecule has 1 aliphatic carbocycles. The van der Waals surface area contributed by atoms with E-state index in [9.17, 15) is 9.59 Å². The molecule has 0 bridgehead atoms. The molecule has 0 saturated heterocycles. The fourth-order valence-electron chi connectivity index (χ4n) is 1.87. The van der Waals surface area contributed by atoms with E-state index in [2.05, 4.69) is 16.9 Å². The summed E-state index contributed by atoms with van der Waals surface area (Å²) >= 11 is 1.32. The SMILES string of the molecule is C=CCNc1nc(C(=O)OC2CCCCC2=O)cs1. The Morgan fingerprint density at radius 1 is 1.63 bits per heavy atom. The fourth-order valence-corrected chi connectivity index (χ4v) is 2.56. The first-order valence-corrected chi connectivity index (χ1v) is 7.12. The number of Topliss-reactive ketones (excluding diaryl/α,β-unsaturated/α-hetero) is 1. The van der Waals surface area contributed by atoms with Crippen LogP contribution in [-0.2, 0) is 9.53 Å². The smallest absolute Gasteiger partial charge is 0.358 e. The van der Waals surface area contributed by atoms with Crippen LogP contribution in [0, 0.1) is 0 Å². The standard InChI is InChI=1S/C13H16N2O3S/c1-2-7-14-13-15-9(8-19-13)12(17)18-11-6-4-3-5-10(11)16/h2,8,11H,1,3-7H2,(H,14,15). The predicted molar refractivity (Wildman–Crippen MR) is 73.5 cm³/mol. The van der Waals surface area contributed by atoms with Gasteiger partial charge in [-0.2, -0.15) is 0 Å². The Hall–Kier alpha value is -1.69. The lowest BCUT2D eigenvalue weighted by Gasteiger charge is -2.19. The normalized spacial score (nSPS) is 18.9. The number of anilines is 1. The van der Waals surface area contributed by atoms with Crippen LogP contribution in [0.25, 0.3) is 0 Å². The van der Waals surface area contributed by atoms with Crippen LogP contribution >= 0.6 is 11.3 Å². The van der Waals surface area contributed by atoms with E-state index in [1.807, 2.05) is 0 Å². The number of ether oxygens (including phenoxy) is 1. The van der Waals surface area contributed by atoms with Crippen LogP contribution in [0.4, 0.5) is 5.13 Å². The maximum absolute atomic E-state index is 11.9. The number of rotatable bonds is 5. The Morgan fingerprint density at radius 3 is 3.21 bits per heavy atom. The van der Waals surface area contributed by atoms with E-state index >= 15 is 0 Å². The van der Waals surface area contributed by atoms with Crippen LogP contribution in [0.5, 0.6) is 0 Å². The second-order valence-electron chi connectivity index (χ2n) is 4.31. The molecule has 6 heteroatoms. The predicted octanol–water partition coefficient (Wildman–Crippen LogP) is 2.41. The molecule has 1 fully saturated rings. The minimum absolute atomic E-state index is 0.0137. The summed E-state index contributed by atoms with van der Waals surface area (Å²) in [5.41, 5.74) is 0.245. The first-order chi connectivity index (χ1) is 9.20. The number of aromatic nitrogens is 1. The molecule has 5 nitrogen and oxygen atoms in total. The highest BCUT2D eigenvalue weighted by molar-refractivity contribution is 7.13. The van der Waals surface area contributed by atoms with Gasteiger partial charge >= 0.3 is 5.97 Å². The third-order valence-corrected chi connectivity index (χ3v) is 3.66. The van der Waals surface area contributed by atoms with Gasteiger partial charge in [0.1, 0.15) is 0 Å². The van der Waals surface area contributed by atoms with Gasteiger partial charge in [0.15, 0.2) is 22.7 Å². The van der Waals surface area contributed by atoms with Gasteiger partial charge in [0, 0.05) is 18.3 Å². The van der Waals surface area contributed by atoms with Crippen molar-refractivity contribution >= 4 is 28.2 Å². The lowest BCUT2D eigenvalue weighted by molar-refractivity contribution is -0.129. The van der Waals surface area contributed by atoms with Gasteiger partial charge in [-0.15, -0.1) is 17.9 Å². The lowest BCUT2D eigenvalue weighted by atomic mass is 9.96. The number of ketones is 1. The fraction of sp³-hybridized carbons (Fsp3) is 0.462. The van der Waals surface area contributed by atoms with E-state index in [0.29, 0.717) is 24.5 Å². The molecule has 1 unspecified atom stereocenters. The van der Waals surface area contributed by atoms with Crippen molar-refractivity contribution in [2.75, 3.05) is 11.9 Å². The average Bonchev–Trinajstić information content (AvgIpc) is 2.88. The summed E-state index contributed by atoms with van der Waals surface area (Å²) < 4.78 is 5.22. The second-order valence-corrected chi connectivity index (χ2v) is 5.17. The van der Waals surface area contributed by atoms with E-state index in [1.54, 1.807) is 11.5 Å². The van der Waals surface area contributed by atoms with Gasteiger partial charge in [0.2, 0.25) is 0 Å². The molecule has 1 aromatic heterocycles. The van der Waals surface area contributed by atoms with Crippen molar-refractivity contribution in [1.82, 2.24) is 4.98 Å². The number of hydrogen-bond donors (Lipinski definition) is 1. The molecule has 1 N–H and O–H groups in total. The highest BCUT2D eigenvalue weighted by Gasteiger charge is 2.27. The van der Waals surface area contributed by atoms with Gasteiger partial charge in [-0.25, -0.2) is 9.78 Å². The van der Waals surface area contributed by atoms with E-state index in [4.69, 9.17) is 4.74 Å². The van der Waals surface area contributed by atoms with Crippen molar-refractivity contribution < 1.29 is 14.3 Å². The highest BCUT2D eigenvalue weighted by Crippen LogP contribution is 2.20. The molecule has 0 spiro atoms. The molecule has 0 aromatic carbocycles. The number of esters is 1. The third kappa shape index (κ3) is 3.64. The Morgan fingerprint density at radius 2 is 2.47 bits per heavy atom. The maximum atomic E-state index is 11.9. The molecule has 1 heterocycles. The molecular weight excluding hydrogens is 264 g/mol. The Kier molecular flexibility index (Phi) is 4.68. The summed E-state index contributed by atoms with van der Waals surface area (Å²) in [5.74, 6) is -0.511. The van der Waals surface area contributed by atoms with Gasteiger partial charge in [0.25, 0.3) is 0 Å². The number of hydrogen-bond acceptors (Lipinski definition) is 6. The molecule has 102 valence electrons. The van der Waals surface area contributed by atoms with Crippen LogP contribution in [0.3, 0.4) is 0 Å². The molecule has 0 aliphatic heterocycles. The van der Waals surface area contributed by atoms with Gasteiger partial charge in [0.05, 0.1) is 0 Å². The van der Waals surface area contributed by atoms with Crippen molar-refractivity contribution in [2.24, 2.45) is 0 Å². The quantitative estimate of drug-likeness (QED) is 0.662. The van der Waals surface area contributed by atoms with Crippen LogP contribution in [-0.4, -0.2) is 29.4 Å². The van der Waals surface area contributed by atoms with Gasteiger partial charge in [-0.05, 0) is 19.3 Å². The molecule has 19 heavy (non-hydrogen) atoms. The van der Waals surface area contributed by atoms with Crippen molar-refractivity contribution in [3.8, 4) is 0 Å². The van der Waals surface area contributed by atoms with Crippen molar-refractivity contribution in [3.63, 3.8) is 0 Å². The van der Waals surface area contributed by atoms with Gasteiger partial charge in [-0.1, -0.05) is 6.08 Å². The number of carbonyl (C=O) groups is 2. The summed E-state index contributed by atoms with van der Waals surface area (Å²) in [4.78, 5) is 27.6. The molecule has 0 amide bonds. The van der Waals surface area contributed by atoms with Crippen LogP contribution in [0.15, 0.2) is 18.0 Å². The molecule has 1 aromatic rings. The van der Waals surface area contributed by atoms with E-state index in [1.165, 1.54) is 11.3 Å². The van der Waals surface area contributed by atoms with Crippen molar-refractivity contribution in [3.05, 3.63) is 23.7 Å². The van der Waals surface area contributed by atoms with Gasteiger partial charge < -0.3 is 10.1 Å². The first kappa shape index (κ1) is 13.7. The molecule has 1 aliphatic rings. The molecule has 1 saturated carbocycles. The zero-order chi connectivity index (χ0) is 13.7. The van der Waals surface area contributed by atoms with Crippen LogP contribution in [0.2, 0.25) is 0 Å². The third-order valence-electron chi connectivity index (χ3n) is 2.86. The van der Waals surface area contributed by atoms with E-state index in [0.717, 1.165) is 12.8 Å². The van der Waals surface area contributed by atoms with Crippen LogP contribution in [0.1, 0.15) is 36.2 Å². The zero-order valence-corrected chi connectivity index (χ0v) is 11.4. The average molecular weight is 280 g/mol. The minimum Gasteiger partial charge on any atom is -0.450 e. The number of nitrogens with one attached hydrogen (secondary N) is 1. The van der Waals surface area contributed by atoms with Gasteiger partial charge in [-0.3, -0.25) is 4.79 Å². The first-order valence-electron chi connectivity index (χ1n) is 6.24. The molecule has 0 radical (unpaired) electrons. The molecule has 1 atom stereocenters. The zero-order valence-electron chi connectivity index (χ0n) is 10.6. The van der Waals surface area contributed by atoms with Crippen molar-refractivity contribution in [1.29, 1.82) is 0 Å². The summed E-state index contributed by atoms with van der Waals surface area (Å²) in [7, 11) is 0. The Bertz CT molecular complexity index is 484. The highest BCUT2D eigenvalue weighted by atomic mass is 32.1. The second kappa shape index (κ2) is 6.47. The molecular formula is C13H16N2O3S. The maximum Gasteiger partial charge on any atom is 0.358 e.